The summed E-state index contributed by atoms with van der Waals surface area (Å²) in [5.74, 6) is -0.889. The highest BCUT2D eigenvalue weighted by atomic mass is 16.6. The van der Waals surface area contributed by atoms with E-state index in [0.29, 0.717) is 18.9 Å². The van der Waals surface area contributed by atoms with Crippen molar-refractivity contribution in [3.63, 3.8) is 0 Å². The Kier molecular flexibility index (Phi) is 3.13. The predicted octanol–water partition coefficient (Wildman–Crippen LogP) is 1.92. The van der Waals surface area contributed by atoms with Crippen LogP contribution in [0.25, 0.3) is 0 Å². The second kappa shape index (κ2) is 4.49. The molecule has 0 radical (unpaired) electrons. The number of hydrogen-bond donors (Lipinski definition) is 1. The van der Waals surface area contributed by atoms with Gasteiger partial charge in [-0.15, -0.1) is 0 Å². The lowest BCUT2D eigenvalue weighted by Crippen LogP contribution is -2.25. The van der Waals surface area contributed by atoms with E-state index in [4.69, 9.17) is 0 Å². The predicted molar refractivity (Wildman–Crippen MR) is 68.5 cm³/mol. The van der Waals surface area contributed by atoms with Crippen molar-refractivity contribution in [1.29, 1.82) is 0 Å². The molecule has 102 valence electrons. The summed E-state index contributed by atoms with van der Waals surface area (Å²) in [6, 6.07) is 1.07. The zero-order valence-electron chi connectivity index (χ0n) is 10.8. The van der Waals surface area contributed by atoms with E-state index in [-0.39, 0.29) is 16.7 Å². The van der Waals surface area contributed by atoms with Crippen LogP contribution in [0.4, 0.5) is 11.5 Å². The first-order chi connectivity index (χ1) is 8.80. The Morgan fingerprint density at radius 1 is 1.58 bits per heavy atom. The van der Waals surface area contributed by atoms with Crippen LogP contribution in [-0.4, -0.2) is 34.1 Å². The van der Waals surface area contributed by atoms with Gasteiger partial charge in [0.1, 0.15) is 17.6 Å². The summed E-state index contributed by atoms with van der Waals surface area (Å²) in [5.41, 5.74) is -0.328. The molecule has 0 atom stereocenters. The number of aromatic carboxylic acids is 1. The lowest BCUT2D eigenvalue weighted by molar-refractivity contribution is -0.385. The third-order valence-corrected chi connectivity index (χ3v) is 3.27. The van der Waals surface area contributed by atoms with Crippen molar-refractivity contribution in [1.82, 2.24) is 4.98 Å². The summed E-state index contributed by atoms with van der Waals surface area (Å²) in [4.78, 5) is 27.1. The largest absolute Gasteiger partial charge is 0.478 e. The highest BCUT2D eigenvalue weighted by Crippen LogP contribution is 2.33. The molecule has 0 aromatic carbocycles. The van der Waals surface area contributed by atoms with Crippen molar-refractivity contribution >= 4 is 17.5 Å². The molecule has 19 heavy (non-hydrogen) atoms. The summed E-state index contributed by atoms with van der Waals surface area (Å²) < 4.78 is 0. The summed E-state index contributed by atoms with van der Waals surface area (Å²) >= 11 is 0. The SMILES string of the molecule is CC1(C)CCN(c2ncc([N+](=O)[O-])cc2C(=O)O)C1. The number of pyridine rings is 1. The maximum Gasteiger partial charge on any atom is 0.339 e. The van der Waals surface area contributed by atoms with Gasteiger partial charge in [0.15, 0.2) is 0 Å². The van der Waals surface area contributed by atoms with Crippen molar-refractivity contribution in [2.75, 3.05) is 18.0 Å². The lowest BCUT2D eigenvalue weighted by atomic mass is 9.93. The van der Waals surface area contributed by atoms with Gasteiger partial charge < -0.3 is 10.0 Å². The molecule has 0 bridgehead atoms. The van der Waals surface area contributed by atoms with Gasteiger partial charge in [-0.2, -0.15) is 0 Å². The zero-order chi connectivity index (χ0) is 14.2. The first-order valence-electron chi connectivity index (χ1n) is 5.93. The third-order valence-electron chi connectivity index (χ3n) is 3.27. The molecule has 1 aromatic rings. The average molecular weight is 265 g/mol. The van der Waals surface area contributed by atoms with Gasteiger partial charge in [-0.25, -0.2) is 9.78 Å². The van der Waals surface area contributed by atoms with Crippen molar-refractivity contribution in [3.05, 3.63) is 27.9 Å². The summed E-state index contributed by atoms with van der Waals surface area (Å²) in [7, 11) is 0. The number of nitro groups is 1. The van der Waals surface area contributed by atoms with Gasteiger partial charge in [-0.3, -0.25) is 10.1 Å². The molecule has 1 saturated heterocycles. The van der Waals surface area contributed by atoms with E-state index in [1.807, 2.05) is 4.90 Å². The number of aromatic nitrogens is 1. The molecule has 0 amide bonds. The number of carbonyl (C=O) groups is 1. The topological polar surface area (TPSA) is 96.6 Å². The van der Waals surface area contributed by atoms with Crippen LogP contribution in [0, 0.1) is 15.5 Å². The number of anilines is 1. The maximum atomic E-state index is 11.2. The molecule has 1 aromatic heterocycles. The Balaban J connectivity index is 2.41. The molecule has 1 fully saturated rings. The fourth-order valence-electron chi connectivity index (χ4n) is 2.25. The van der Waals surface area contributed by atoms with Gasteiger partial charge in [-0.05, 0) is 11.8 Å². The van der Waals surface area contributed by atoms with E-state index in [0.717, 1.165) is 18.7 Å². The molecule has 0 saturated carbocycles. The molecule has 1 aliphatic heterocycles. The summed E-state index contributed by atoms with van der Waals surface area (Å²) in [6.07, 6.45) is 2.04. The van der Waals surface area contributed by atoms with Gasteiger partial charge in [0, 0.05) is 19.2 Å². The highest BCUT2D eigenvalue weighted by Gasteiger charge is 2.32. The molecule has 2 heterocycles. The molecule has 0 spiro atoms. The van der Waals surface area contributed by atoms with Crippen molar-refractivity contribution in [2.24, 2.45) is 5.41 Å². The minimum atomic E-state index is -1.20. The van der Waals surface area contributed by atoms with Gasteiger partial charge in [0.2, 0.25) is 0 Å². The van der Waals surface area contributed by atoms with Crippen LogP contribution in [0.15, 0.2) is 12.3 Å². The van der Waals surface area contributed by atoms with Crippen LogP contribution in [0.3, 0.4) is 0 Å². The second-order valence-electron chi connectivity index (χ2n) is 5.46. The average Bonchev–Trinajstić information content (AvgIpc) is 2.68. The van der Waals surface area contributed by atoms with Crippen LogP contribution in [0.1, 0.15) is 30.6 Å². The van der Waals surface area contributed by atoms with E-state index in [1.165, 1.54) is 0 Å². The molecule has 7 heteroatoms. The lowest BCUT2D eigenvalue weighted by Gasteiger charge is -2.21. The van der Waals surface area contributed by atoms with Crippen LogP contribution < -0.4 is 4.90 Å². The Morgan fingerprint density at radius 3 is 2.74 bits per heavy atom. The zero-order valence-corrected chi connectivity index (χ0v) is 10.8. The van der Waals surface area contributed by atoms with Crippen molar-refractivity contribution in [3.8, 4) is 0 Å². The first-order valence-corrected chi connectivity index (χ1v) is 5.93. The minimum absolute atomic E-state index is 0.0965. The molecule has 0 aliphatic carbocycles. The Morgan fingerprint density at radius 2 is 2.26 bits per heavy atom. The molecular formula is C12H15N3O4. The summed E-state index contributed by atoms with van der Waals surface area (Å²) in [6.45, 7) is 5.59. The quantitative estimate of drug-likeness (QED) is 0.662. The fraction of sp³-hybridized carbons (Fsp3) is 0.500. The van der Waals surface area contributed by atoms with Crippen LogP contribution in [0.2, 0.25) is 0 Å². The molecule has 7 nitrogen and oxygen atoms in total. The van der Waals surface area contributed by atoms with Crippen molar-refractivity contribution in [2.45, 2.75) is 20.3 Å². The van der Waals surface area contributed by atoms with Crippen LogP contribution in [-0.2, 0) is 0 Å². The van der Waals surface area contributed by atoms with Gasteiger partial charge in [-0.1, -0.05) is 13.8 Å². The van der Waals surface area contributed by atoms with E-state index in [9.17, 15) is 20.0 Å². The van der Waals surface area contributed by atoms with E-state index >= 15 is 0 Å². The molecular weight excluding hydrogens is 250 g/mol. The molecule has 1 aliphatic rings. The second-order valence-corrected chi connectivity index (χ2v) is 5.46. The van der Waals surface area contributed by atoms with Gasteiger partial charge in [0.25, 0.3) is 5.69 Å². The van der Waals surface area contributed by atoms with E-state index in [2.05, 4.69) is 18.8 Å². The van der Waals surface area contributed by atoms with Gasteiger partial charge >= 0.3 is 5.97 Å². The third kappa shape index (κ3) is 2.64. The normalized spacial score (nSPS) is 17.5. The van der Waals surface area contributed by atoms with Crippen LogP contribution >= 0.6 is 0 Å². The smallest absolute Gasteiger partial charge is 0.339 e. The number of nitrogens with zero attached hydrogens (tertiary/aromatic N) is 3. The van der Waals surface area contributed by atoms with Gasteiger partial charge in [0.05, 0.1) is 4.92 Å². The molecule has 0 unspecified atom stereocenters. The number of rotatable bonds is 3. The Bertz CT molecular complexity index is 542. The highest BCUT2D eigenvalue weighted by molar-refractivity contribution is 5.94. The number of carboxylic acids is 1. The van der Waals surface area contributed by atoms with E-state index in [1.54, 1.807) is 0 Å². The van der Waals surface area contributed by atoms with Crippen LogP contribution in [0.5, 0.6) is 0 Å². The van der Waals surface area contributed by atoms with E-state index < -0.39 is 10.9 Å². The molecule has 2 rings (SSSR count). The molecule has 1 N–H and O–H groups in total. The Labute approximate surface area is 110 Å². The van der Waals surface area contributed by atoms with Crippen molar-refractivity contribution < 1.29 is 14.8 Å². The maximum absolute atomic E-state index is 11.2. The fourth-order valence-corrected chi connectivity index (χ4v) is 2.25. The monoisotopic (exact) mass is 265 g/mol. The number of carboxylic acid groups (broad SMARTS) is 1. The first kappa shape index (κ1) is 13.3. The Hall–Kier alpha value is -2.18. The number of hydrogen-bond acceptors (Lipinski definition) is 5. The minimum Gasteiger partial charge on any atom is -0.478 e. The summed E-state index contributed by atoms with van der Waals surface area (Å²) in [5, 5.41) is 19.8. The standard InChI is InChI=1S/C12H15N3O4/c1-12(2)3-4-14(7-12)10-9(11(16)17)5-8(6-13-10)15(18)19/h5-6H,3-4,7H2,1-2H3,(H,16,17).